The van der Waals surface area contributed by atoms with Crippen LogP contribution in [0.4, 0.5) is 5.82 Å². The van der Waals surface area contributed by atoms with E-state index in [0.29, 0.717) is 28.4 Å². The third kappa shape index (κ3) is 4.79. The first-order valence-electron chi connectivity index (χ1n) is 10.9. The molecule has 0 bridgehead atoms. The van der Waals surface area contributed by atoms with E-state index in [9.17, 15) is 14.4 Å². The van der Waals surface area contributed by atoms with E-state index >= 15 is 0 Å². The molecule has 4 rings (SSSR count). The van der Waals surface area contributed by atoms with Gasteiger partial charge in [0.2, 0.25) is 0 Å². The Labute approximate surface area is 215 Å². The van der Waals surface area contributed by atoms with Crippen LogP contribution in [0.2, 0.25) is 5.02 Å². The van der Waals surface area contributed by atoms with Crippen molar-refractivity contribution in [3.63, 3.8) is 0 Å². The van der Waals surface area contributed by atoms with Crippen molar-refractivity contribution in [3.05, 3.63) is 80.0 Å². The van der Waals surface area contributed by atoms with Crippen molar-refractivity contribution in [1.29, 1.82) is 0 Å². The molecular weight excluding hydrogens is 504 g/mol. The summed E-state index contributed by atoms with van der Waals surface area (Å²) in [5.74, 6) is 0.376. The van der Waals surface area contributed by atoms with Gasteiger partial charge in [-0.3, -0.25) is 23.3 Å². The normalized spacial score (nSPS) is 11.0. The van der Waals surface area contributed by atoms with Gasteiger partial charge >= 0.3 is 5.69 Å². The lowest BCUT2D eigenvalue weighted by Crippen LogP contribution is -2.41. The Kier molecular flexibility index (Phi) is 7.32. The first-order chi connectivity index (χ1) is 17.2. The van der Waals surface area contributed by atoms with E-state index in [4.69, 9.17) is 22.1 Å². The van der Waals surface area contributed by atoms with Crippen LogP contribution in [-0.2, 0) is 14.1 Å². The maximum absolute atomic E-state index is 13.0. The molecule has 0 aliphatic rings. The van der Waals surface area contributed by atoms with Gasteiger partial charge in [0, 0.05) is 30.4 Å². The SMILES string of the molecule is CCOc1ccc(-n2c(SCC(=O)c3c(N)n(C)c(=O)n(C)c3=O)nnc2-c2cccc(Cl)c2)cc1. The number of halogens is 1. The van der Waals surface area contributed by atoms with E-state index in [1.54, 1.807) is 16.7 Å². The van der Waals surface area contributed by atoms with Gasteiger partial charge in [0.15, 0.2) is 16.8 Å². The fraction of sp³-hybridized carbons (Fsp3) is 0.208. The highest BCUT2D eigenvalue weighted by Gasteiger charge is 2.23. The minimum absolute atomic E-state index is 0.150. The van der Waals surface area contributed by atoms with E-state index in [1.807, 2.05) is 43.3 Å². The fourth-order valence-electron chi connectivity index (χ4n) is 3.59. The molecule has 10 nitrogen and oxygen atoms in total. The molecule has 2 N–H and O–H groups in total. The molecule has 0 unspecified atom stereocenters. The molecule has 0 aliphatic heterocycles. The lowest BCUT2D eigenvalue weighted by Gasteiger charge is -2.12. The number of nitrogens with two attached hydrogens (primary N) is 1. The number of carbonyl (C=O) groups is 1. The number of ketones is 1. The lowest BCUT2D eigenvalue weighted by atomic mass is 10.2. The molecule has 4 aromatic rings. The molecule has 12 heteroatoms. The molecule has 0 radical (unpaired) electrons. The average Bonchev–Trinajstić information content (AvgIpc) is 3.30. The summed E-state index contributed by atoms with van der Waals surface area (Å²) < 4.78 is 9.26. The number of hydrogen-bond acceptors (Lipinski definition) is 8. The number of nitrogen functional groups attached to an aromatic ring is 1. The van der Waals surface area contributed by atoms with Gasteiger partial charge in [0.05, 0.1) is 12.4 Å². The van der Waals surface area contributed by atoms with Gasteiger partial charge in [0.1, 0.15) is 17.1 Å². The molecule has 0 spiro atoms. The quantitative estimate of drug-likeness (QED) is 0.274. The molecule has 0 atom stereocenters. The van der Waals surface area contributed by atoms with Crippen molar-refractivity contribution >= 4 is 35.0 Å². The Morgan fingerprint density at radius 2 is 1.81 bits per heavy atom. The molecule has 36 heavy (non-hydrogen) atoms. The van der Waals surface area contributed by atoms with Crippen molar-refractivity contribution < 1.29 is 9.53 Å². The minimum atomic E-state index is -0.742. The summed E-state index contributed by atoms with van der Waals surface area (Å²) in [6.45, 7) is 2.44. The van der Waals surface area contributed by atoms with E-state index in [-0.39, 0.29) is 17.1 Å². The molecule has 2 heterocycles. The zero-order chi connectivity index (χ0) is 26.0. The van der Waals surface area contributed by atoms with Crippen LogP contribution in [0.3, 0.4) is 0 Å². The molecule has 2 aromatic heterocycles. The van der Waals surface area contributed by atoms with Crippen LogP contribution >= 0.6 is 23.4 Å². The van der Waals surface area contributed by atoms with E-state index in [0.717, 1.165) is 32.1 Å². The van der Waals surface area contributed by atoms with E-state index in [2.05, 4.69) is 10.2 Å². The highest BCUT2D eigenvalue weighted by Crippen LogP contribution is 2.30. The maximum atomic E-state index is 13.0. The highest BCUT2D eigenvalue weighted by molar-refractivity contribution is 7.99. The molecular formula is C24H23ClN6O4S. The van der Waals surface area contributed by atoms with Crippen molar-refractivity contribution in [2.75, 3.05) is 18.1 Å². The molecule has 0 fully saturated rings. The van der Waals surface area contributed by atoms with Crippen molar-refractivity contribution in [2.45, 2.75) is 12.1 Å². The number of aromatic nitrogens is 5. The minimum Gasteiger partial charge on any atom is -0.494 e. The standard InChI is InChI=1S/C24H23ClN6O4S/c1-4-35-17-10-8-16(9-11-17)31-21(14-6-5-7-15(25)12-14)27-28-23(31)36-13-18(32)19-20(26)29(2)24(34)30(3)22(19)33/h5-12H,4,13,26H2,1-3H3. The van der Waals surface area contributed by atoms with Gasteiger partial charge in [-0.05, 0) is 43.3 Å². The van der Waals surface area contributed by atoms with Crippen LogP contribution in [0.1, 0.15) is 17.3 Å². The van der Waals surface area contributed by atoms with Crippen molar-refractivity contribution in [3.8, 4) is 22.8 Å². The lowest BCUT2D eigenvalue weighted by molar-refractivity contribution is 0.102. The monoisotopic (exact) mass is 526 g/mol. The Morgan fingerprint density at radius 3 is 2.47 bits per heavy atom. The fourth-order valence-corrected chi connectivity index (χ4v) is 4.61. The summed E-state index contributed by atoms with van der Waals surface area (Å²) in [6, 6.07) is 14.6. The summed E-state index contributed by atoms with van der Waals surface area (Å²) in [6.07, 6.45) is 0. The van der Waals surface area contributed by atoms with Crippen LogP contribution in [0.25, 0.3) is 17.1 Å². The number of benzene rings is 2. The third-order valence-corrected chi connectivity index (χ3v) is 6.61. The zero-order valence-electron chi connectivity index (χ0n) is 19.8. The topological polar surface area (TPSA) is 127 Å². The number of anilines is 1. The largest absolute Gasteiger partial charge is 0.494 e. The summed E-state index contributed by atoms with van der Waals surface area (Å²) in [4.78, 5) is 37.7. The Bertz CT molecular complexity index is 1560. The molecule has 0 saturated heterocycles. The molecule has 186 valence electrons. The number of hydrogen-bond donors (Lipinski definition) is 1. The van der Waals surface area contributed by atoms with Gasteiger partial charge in [-0.25, -0.2) is 4.79 Å². The summed E-state index contributed by atoms with van der Waals surface area (Å²) >= 11 is 7.30. The zero-order valence-corrected chi connectivity index (χ0v) is 21.3. The summed E-state index contributed by atoms with van der Waals surface area (Å²) in [7, 11) is 2.70. The second kappa shape index (κ2) is 10.4. The second-order valence-corrected chi connectivity index (χ2v) is 9.14. The summed E-state index contributed by atoms with van der Waals surface area (Å²) in [5.41, 5.74) is 5.82. The highest BCUT2D eigenvalue weighted by atomic mass is 35.5. The molecule has 2 aromatic carbocycles. The van der Waals surface area contributed by atoms with Gasteiger partial charge in [-0.2, -0.15) is 0 Å². The number of ether oxygens (including phenoxy) is 1. The number of carbonyl (C=O) groups excluding carboxylic acids is 1. The average molecular weight is 527 g/mol. The van der Waals surface area contributed by atoms with Crippen LogP contribution in [-0.4, -0.2) is 42.0 Å². The number of Topliss-reactive ketones (excluding diaryl/α,β-unsaturated/α-hetero) is 1. The van der Waals surface area contributed by atoms with Crippen LogP contribution < -0.4 is 21.7 Å². The van der Waals surface area contributed by atoms with Crippen molar-refractivity contribution in [1.82, 2.24) is 23.9 Å². The number of rotatable bonds is 8. The van der Waals surface area contributed by atoms with Gasteiger partial charge in [-0.15, -0.1) is 10.2 Å². The number of nitrogens with zero attached hydrogens (tertiary/aromatic N) is 5. The molecule has 0 aliphatic carbocycles. The molecule has 0 saturated carbocycles. The van der Waals surface area contributed by atoms with E-state index < -0.39 is 17.0 Å². The predicted octanol–water partition coefficient (Wildman–Crippen LogP) is 2.94. The third-order valence-electron chi connectivity index (χ3n) is 5.44. The summed E-state index contributed by atoms with van der Waals surface area (Å²) in [5, 5.41) is 9.60. The smallest absolute Gasteiger partial charge is 0.332 e. The van der Waals surface area contributed by atoms with Gasteiger partial charge < -0.3 is 10.5 Å². The Balaban J connectivity index is 1.73. The van der Waals surface area contributed by atoms with Crippen LogP contribution in [0.15, 0.2) is 63.3 Å². The van der Waals surface area contributed by atoms with Crippen LogP contribution in [0.5, 0.6) is 5.75 Å². The van der Waals surface area contributed by atoms with Crippen LogP contribution in [0, 0.1) is 0 Å². The maximum Gasteiger partial charge on any atom is 0.332 e. The van der Waals surface area contributed by atoms with E-state index in [1.165, 1.54) is 14.1 Å². The van der Waals surface area contributed by atoms with Crippen molar-refractivity contribution in [2.24, 2.45) is 14.1 Å². The van der Waals surface area contributed by atoms with Gasteiger partial charge in [0.25, 0.3) is 5.56 Å². The predicted molar refractivity (Wildman–Crippen MR) is 139 cm³/mol. The first-order valence-corrected chi connectivity index (χ1v) is 12.2. The van der Waals surface area contributed by atoms with Gasteiger partial charge in [-0.1, -0.05) is 35.5 Å². The Hall–Kier alpha value is -3.83. The second-order valence-electron chi connectivity index (χ2n) is 7.76. The molecule has 0 amide bonds. The Morgan fingerprint density at radius 1 is 1.08 bits per heavy atom. The number of thioether (sulfide) groups is 1. The first kappa shape index (κ1) is 25.3.